The second kappa shape index (κ2) is 9.12. The van der Waals surface area contributed by atoms with E-state index in [-0.39, 0.29) is 24.5 Å². The molecule has 0 spiro atoms. The van der Waals surface area contributed by atoms with Crippen molar-refractivity contribution in [3.05, 3.63) is 29.3 Å². The molecule has 3 rings (SSSR count). The van der Waals surface area contributed by atoms with Crippen molar-refractivity contribution in [2.75, 3.05) is 6.61 Å². The molecule has 0 radical (unpaired) electrons. The second-order valence-electron chi connectivity index (χ2n) is 7.03. The number of ether oxygens (including phenoxy) is 1. The Morgan fingerprint density at radius 2 is 2.08 bits per heavy atom. The number of amides is 1. The quantitative estimate of drug-likeness (QED) is 0.747. The van der Waals surface area contributed by atoms with E-state index < -0.39 is 0 Å². The Morgan fingerprint density at radius 3 is 2.88 bits per heavy atom. The highest BCUT2D eigenvalue weighted by molar-refractivity contribution is 7.18. The maximum atomic E-state index is 12.0. The molecule has 2 aromatic rings. The second-order valence-corrected chi connectivity index (χ2v) is 8.14. The number of para-hydroxylation sites is 1. The molecule has 1 heterocycles. The maximum absolute atomic E-state index is 12.0. The van der Waals surface area contributed by atoms with Gasteiger partial charge in [-0.2, -0.15) is 0 Å². The Kier molecular flexibility index (Phi) is 6.61. The predicted octanol–water partition coefficient (Wildman–Crippen LogP) is 3.86. The fraction of sp³-hybridized carbons (Fsp3) is 0.550. The van der Waals surface area contributed by atoms with Gasteiger partial charge in [0.15, 0.2) is 6.61 Å². The van der Waals surface area contributed by atoms with E-state index >= 15 is 0 Å². The van der Waals surface area contributed by atoms with Gasteiger partial charge < -0.3 is 10.1 Å². The summed E-state index contributed by atoms with van der Waals surface area (Å²) in [4.78, 5) is 28.4. The fourth-order valence-corrected chi connectivity index (χ4v) is 4.42. The zero-order valence-electron chi connectivity index (χ0n) is 15.2. The molecule has 0 unspecified atom stereocenters. The highest BCUT2D eigenvalue weighted by Gasteiger charge is 2.23. The van der Waals surface area contributed by atoms with Gasteiger partial charge in [-0.25, -0.2) is 4.98 Å². The summed E-state index contributed by atoms with van der Waals surface area (Å²) in [6.45, 7) is 1.99. The molecule has 6 heteroatoms. The van der Waals surface area contributed by atoms with Crippen molar-refractivity contribution in [3.8, 4) is 0 Å². The fourth-order valence-electron chi connectivity index (χ4n) is 3.41. The van der Waals surface area contributed by atoms with Crippen LogP contribution >= 0.6 is 11.3 Å². The van der Waals surface area contributed by atoms with Crippen LogP contribution in [0.1, 0.15) is 50.5 Å². The molecule has 1 aromatic heterocycles. The first kappa shape index (κ1) is 18.8. The molecule has 5 nitrogen and oxygen atoms in total. The van der Waals surface area contributed by atoms with Gasteiger partial charge in [0, 0.05) is 12.5 Å². The molecule has 1 aromatic carbocycles. The molecule has 2 atom stereocenters. The van der Waals surface area contributed by atoms with E-state index in [4.69, 9.17) is 4.74 Å². The minimum atomic E-state index is -0.321. The third-order valence-corrected chi connectivity index (χ3v) is 6.03. The highest BCUT2D eigenvalue weighted by Crippen LogP contribution is 2.24. The number of aromatic nitrogens is 1. The summed E-state index contributed by atoms with van der Waals surface area (Å²) >= 11 is 1.66. The molecule has 1 saturated carbocycles. The molecule has 26 heavy (non-hydrogen) atoms. The number of carbonyl (C=O) groups excluding carboxylic acids is 2. The van der Waals surface area contributed by atoms with Crippen LogP contribution in [-0.4, -0.2) is 29.5 Å². The van der Waals surface area contributed by atoms with E-state index in [1.54, 1.807) is 11.3 Å². The van der Waals surface area contributed by atoms with Gasteiger partial charge in [-0.1, -0.05) is 31.9 Å². The Labute approximate surface area is 158 Å². The van der Waals surface area contributed by atoms with Gasteiger partial charge in [0.25, 0.3) is 5.91 Å². The van der Waals surface area contributed by atoms with E-state index in [0.717, 1.165) is 36.2 Å². The van der Waals surface area contributed by atoms with Gasteiger partial charge in [0.1, 0.15) is 0 Å². The Morgan fingerprint density at radius 1 is 1.27 bits per heavy atom. The van der Waals surface area contributed by atoms with Gasteiger partial charge in [-0.3, -0.25) is 9.59 Å². The molecule has 0 aliphatic heterocycles. The van der Waals surface area contributed by atoms with Crippen LogP contribution in [0.4, 0.5) is 0 Å². The number of esters is 1. The molecule has 1 amide bonds. The summed E-state index contributed by atoms with van der Waals surface area (Å²) < 4.78 is 6.27. The smallest absolute Gasteiger partial charge is 0.306 e. The number of hydrogen-bond acceptors (Lipinski definition) is 5. The Balaban J connectivity index is 1.34. The normalized spacial score (nSPS) is 20.0. The molecule has 1 aliphatic rings. The number of rotatable bonds is 7. The highest BCUT2D eigenvalue weighted by atomic mass is 32.1. The molecular formula is C20H26N2O3S. The lowest BCUT2D eigenvalue weighted by Gasteiger charge is -2.29. The van der Waals surface area contributed by atoms with Crippen LogP contribution < -0.4 is 5.32 Å². The van der Waals surface area contributed by atoms with Gasteiger partial charge in [0.05, 0.1) is 15.2 Å². The summed E-state index contributed by atoms with van der Waals surface area (Å²) in [6.07, 6.45) is 6.29. The monoisotopic (exact) mass is 374 g/mol. The molecule has 140 valence electrons. The SMILES string of the molecule is C[C@@H]1CCCC[C@@H]1NC(=O)COC(=O)CCCc1nc2ccccc2s1. The molecule has 1 N–H and O–H groups in total. The third kappa shape index (κ3) is 5.27. The zero-order valence-corrected chi connectivity index (χ0v) is 16.0. The van der Waals surface area contributed by atoms with Gasteiger partial charge in [-0.15, -0.1) is 11.3 Å². The number of benzene rings is 1. The largest absolute Gasteiger partial charge is 0.456 e. The average Bonchev–Trinajstić information content (AvgIpc) is 3.05. The number of thiazole rings is 1. The van der Waals surface area contributed by atoms with Crippen molar-refractivity contribution in [2.45, 2.75) is 57.9 Å². The summed E-state index contributed by atoms with van der Waals surface area (Å²) in [6, 6.07) is 8.24. The lowest BCUT2D eigenvalue weighted by atomic mass is 9.86. The van der Waals surface area contributed by atoms with Crippen molar-refractivity contribution in [1.29, 1.82) is 0 Å². The van der Waals surface area contributed by atoms with Crippen LogP contribution in [0.25, 0.3) is 10.2 Å². The molecule has 1 fully saturated rings. The minimum Gasteiger partial charge on any atom is -0.456 e. The number of carbonyl (C=O) groups is 2. The van der Waals surface area contributed by atoms with E-state index in [9.17, 15) is 9.59 Å². The van der Waals surface area contributed by atoms with Gasteiger partial charge in [-0.05, 0) is 43.7 Å². The van der Waals surface area contributed by atoms with Crippen LogP contribution in [0.3, 0.4) is 0 Å². The van der Waals surface area contributed by atoms with E-state index in [0.29, 0.717) is 18.8 Å². The van der Waals surface area contributed by atoms with Crippen molar-refractivity contribution in [3.63, 3.8) is 0 Å². The maximum Gasteiger partial charge on any atom is 0.306 e. The first-order valence-corrected chi connectivity index (χ1v) is 10.2. The van der Waals surface area contributed by atoms with Crippen molar-refractivity contribution >= 4 is 33.4 Å². The van der Waals surface area contributed by atoms with Crippen molar-refractivity contribution in [1.82, 2.24) is 10.3 Å². The standard InChI is InChI=1S/C20H26N2O3S/c1-14-7-2-3-8-15(14)21-18(23)13-25-20(24)12-6-11-19-22-16-9-4-5-10-17(16)26-19/h4-5,9-10,14-15H,2-3,6-8,11-13H2,1H3,(H,21,23)/t14-,15+/m1/s1. The summed E-state index contributed by atoms with van der Waals surface area (Å²) in [5.41, 5.74) is 1.00. The first-order valence-electron chi connectivity index (χ1n) is 9.41. The zero-order chi connectivity index (χ0) is 18.4. The van der Waals surface area contributed by atoms with Gasteiger partial charge in [0.2, 0.25) is 0 Å². The van der Waals surface area contributed by atoms with Crippen LogP contribution in [0, 0.1) is 5.92 Å². The first-order chi connectivity index (χ1) is 12.6. The van der Waals surface area contributed by atoms with Crippen LogP contribution in [0.15, 0.2) is 24.3 Å². The average molecular weight is 375 g/mol. The van der Waals surface area contributed by atoms with Crippen LogP contribution in [0.5, 0.6) is 0 Å². The number of fused-ring (bicyclic) bond motifs is 1. The van der Waals surface area contributed by atoms with Crippen LogP contribution in [0.2, 0.25) is 0 Å². The van der Waals surface area contributed by atoms with Crippen molar-refractivity contribution in [2.24, 2.45) is 5.92 Å². The van der Waals surface area contributed by atoms with Crippen LogP contribution in [-0.2, 0) is 20.7 Å². The summed E-state index contributed by atoms with van der Waals surface area (Å²) in [5.74, 6) is -0.0153. The lowest BCUT2D eigenvalue weighted by Crippen LogP contribution is -2.42. The molecule has 0 saturated heterocycles. The lowest BCUT2D eigenvalue weighted by molar-refractivity contribution is -0.149. The third-order valence-electron chi connectivity index (χ3n) is 4.93. The molecule has 1 aliphatic carbocycles. The molecule has 0 bridgehead atoms. The Bertz CT molecular complexity index is 725. The number of aryl methyl sites for hydroxylation is 1. The summed E-state index contributed by atoms with van der Waals surface area (Å²) in [5, 5.41) is 4.03. The number of nitrogens with one attached hydrogen (secondary N) is 1. The topological polar surface area (TPSA) is 68.3 Å². The number of hydrogen-bond donors (Lipinski definition) is 1. The van der Waals surface area contributed by atoms with E-state index in [1.807, 2.05) is 18.2 Å². The Hall–Kier alpha value is -1.95. The predicted molar refractivity (Wildman–Crippen MR) is 103 cm³/mol. The van der Waals surface area contributed by atoms with Crippen molar-refractivity contribution < 1.29 is 14.3 Å². The molecular weight excluding hydrogens is 348 g/mol. The van der Waals surface area contributed by atoms with E-state index in [1.165, 1.54) is 11.1 Å². The number of nitrogens with zero attached hydrogens (tertiary/aromatic N) is 1. The minimum absolute atomic E-state index is 0.177. The van der Waals surface area contributed by atoms with E-state index in [2.05, 4.69) is 23.3 Å². The summed E-state index contributed by atoms with van der Waals surface area (Å²) in [7, 11) is 0. The van der Waals surface area contributed by atoms with Gasteiger partial charge >= 0.3 is 5.97 Å².